The first-order valence-corrected chi connectivity index (χ1v) is 5.54. The van der Waals surface area contributed by atoms with Crippen LogP contribution in [0.4, 0.5) is 15.8 Å². The lowest BCUT2D eigenvalue weighted by atomic mass is 10.1. The predicted octanol–water partition coefficient (Wildman–Crippen LogP) is 4.56. The topological polar surface area (TPSA) is 45.0 Å². The molecule has 2 rings (SSSR count). The zero-order valence-corrected chi connectivity index (χ0v) is 10.2. The lowest BCUT2D eigenvalue weighted by Gasteiger charge is -2.03. The van der Waals surface area contributed by atoms with Crippen molar-refractivity contribution in [2.75, 3.05) is 0 Å². The maximum absolute atomic E-state index is 12.7. The molecule has 0 aliphatic carbocycles. The van der Waals surface area contributed by atoms with E-state index < -0.39 is 0 Å². The Balaban J connectivity index is 2.26. The van der Waals surface area contributed by atoms with E-state index in [1.807, 2.05) is 0 Å². The van der Waals surface area contributed by atoms with Crippen molar-refractivity contribution in [3.63, 3.8) is 0 Å². The van der Waals surface area contributed by atoms with Crippen LogP contribution in [0, 0.1) is 19.7 Å². The number of nitrogens with zero attached hydrogens (tertiary/aromatic N) is 2. The molecule has 4 heteroatoms. The smallest absolute Gasteiger partial charge is 0.123 e. The number of aromatic hydroxyl groups is 1. The molecular formula is C14H13FN2O. The third-order valence-corrected chi connectivity index (χ3v) is 2.58. The van der Waals surface area contributed by atoms with Gasteiger partial charge < -0.3 is 5.11 Å². The number of rotatable bonds is 2. The number of phenols is 1. The highest BCUT2D eigenvalue weighted by Gasteiger charge is 2.02. The van der Waals surface area contributed by atoms with E-state index in [9.17, 15) is 9.50 Å². The molecule has 0 bridgehead atoms. The Labute approximate surface area is 105 Å². The third kappa shape index (κ3) is 2.71. The number of benzene rings is 2. The maximum Gasteiger partial charge on any atom is 0.123 e. The van der Waals surface area contributed by atoms with Crippen LogP contribution in [0.3, 0.4) is 0 Å². The molecule has 0 heterocycles. The van der Waals surface area contributed by atoms with Gasteiger partial charge in [0.25, 0.3) is 0 Å². The summed E-state index contributed by atoms with van der Waals surface area (Å²) >= 11 is 0. The molecule has 92 valence electrons. The van der Waals surface area contributed by atoms with E-state index in [4.69, 9.17) is 0 Å². The summed E-state index contributed by atoms with van der Waals surface area (Å²) < 4.78 is 12.7. The highest BCUT2D eigenvalue weighted by molar-refractivity contribution is 5.51. The van der Waals surface area contributed by atoms with E-state index in [0.717, 1.165) is 11.1 Å². The number of hydrogen-bond acceptors (Lipinski definition) is 3. The summed E-state index contributed by atoms with van der Waals surface area (Å²) in [7, 11) is 0. The minimum absolute atomic E-state index is 0.274. The van der Waals surface area contributed by atoms with Crippen LogP contribution >= 0.6 is 0 Å². The van der Waals surface area contributed by atoms with Crippen molar-refractivity contribution in [2.24, 2.45) is 10.2 Å². The molecule has 2 aromatic rings. The summed E-state index contributed by atoms with van der Waals surface area (Å²) in [5.41, 5.74) is 2.75. The normalized spacial score (nSPS) is 11.1. The minimum atomic E-state index is -0.301. The summed E-state index contributed by atoms with van der Waals surface area (Å²) in [6.45, 7) is 3.61. The molecule has 0 aromatic heterocycles. The molecule has 0 saturated carbocycles. The fourth-order valence-corrected chi connectivity index (χ4v) is 1.61. The molecule has 3 nitrogen and oxygen atoms in total. The minimum Gasteiger partial charge on any atom is -0.507 e. The average Bonchev–Trinajstić information content (AvgIpc) is 2.35. The van der Waals surface area contributed by atoms with Gasteiger partial charge in [-0.2, -0.15) is 10.2 Å². The third-order valence-electron chi connectivity index (χ3n) is 2.58. The summed E-state index contributed by atoms with van der Waals surface area (Å²) in [6.07, 6.45) is 0. The zero-order valence-electron chi connectivity index (χ0n) is 10.2. The van der Waals surface area contributed by atoms with E-state index in [-0.39, 0.29) is 11.6 Å². The van der Waals surface area contributed by atoms with Gasteiger partial charge in [-0.1, -0.05) is 0 Å². The largest absolute Gasteiger partial charge is 0.507 e. The van der Waals surface area contributed by atoms with Gasteiger partial charge in [0.15, 0.2) is 0 Å². The molecule has 0 aliphatic rings. The molecule has 18 heavy (non-hydrogen) atoms. The van der Waals surface area contributed by atoms with E-state index in [0.29, 0.717) is 11.4 Å². The van der Waals surface area contributed by atoms with Crippen LogP contribution in [0.25, 0.3) is 0 Å². The summed E-state index contributed by atoms with van der Waals surface area (Å²) in [5, 5.41) is 17.7. The molecule has 0 aliphatic heterocycles. The monoisotopic (exact) mass is 244 g/mol. The number of halogens is 1. The van der Waals surface area contributed by atoms with E-state index >= 15 is 0 Å². The first-order valence-electron chi connectivity index (χ1n) is 5.54. The van der Waals surface area contributed by atoms with Crippen LogP contribution in [0.1, 0.15) is 11.1 Å². The van der Waals surface area contributed by atoms with Crippen molar-refractivity contribution in [3.8, 4) is 5.75 Å². The average molecular weight is 244 g/mol. The Morgan fingerprint density at radius 2 is 1.39 bits per heavy atom. The van der Waals surface area contributed by atoms with Crippen LogP contribution in [0.5, 0.6) is 5.75 Å². The maximum atomic E-state index is 12.7. The van der Waals surface area contributed by atoms with E-state index in [1.165, 1.54) is 12.1 Å². The van der Waals surface area contributed by atoms with Crippen LogP contribution in [-0.2, 0) is 0 Å². The Bertz CT molecular complexity index is 568. The number of azo groups is 1. The van der Waals surface area contributed by atoms with Crippen LogP contribution in [-0.4, -0.2) is 5.11 Å². The quantitative estimate of drug-likeness (QED) is 0.773. The Morgan fingerprint density at radius 3 is 1.94 bits per heavy atom. The Morgan fingerprint density at radius 1 is 0.889 bits per heavy atom. The van der Waals surface area contributed by atoms with Gasteiger partial charge in [0, 0.05) is 0 Å². The van der Waals surface area contributed by atoms with Crippen molar-refractivity contribution < 1.29 is 9.50 Å². The number of phenolic OH excluding ortho intramolecular Hbond substituents is 1. The molecule has 2 aromatic carbocycles. The van der Waals surface area contributed by atoms with Gasteiger partial charge in [-0.3, -0.25) is 0 Å². The molecular weight excluding hydrogens is 231 g/mol. The van der Waals surface area contributed by atoms with Crippen LogP contribution in [0.2, 0.25) is 0 Å². The van der Waals surface area contributed by atoms with Gasteiger partial charge in [0.1, 0.15) is 11.6 Å². The molecule has 0 spiro atoms. The lowest BCUT2D eigenvalue weighted by Crippen LogP contribution is -1.79. The first kappa shape index (κ1) is 12.2. The molecule has 0 saturated heterocycles. The van der Waals surface area contributed by atoms with Crippen molar-refractivity contribution >= 4 is 11.4 Å². The molecule has 0 amide bonds. The lowest BCUT2D eigenvalue weighted by molar-refractivity contribution is 0.467. The second-order valence-electron chi connectivity index (χ2n) is 4.10. The van der Waals surface area contributed by atoms with Crippen molar-refractivity contribution in [1.82, 2.24) is 0 Å². The zero-order chi connectivity index (χ0) is 13.1. The summed E-state index contributed by atoms with van der Waals surface area (Å²) in [5.74, 6) is -0.0268. The highest BCUT2D eigenvalue weighted by Crippen LogP contribution is 2.28. The molecule has 0 radical (unpaired) electrons. The predicted molar refractivity (Wildman–Crippen MR) is 68.2 cm³/mol. The first-order chi connectivity index (χ1) is 8.56. The van der Waals surface area contributed by atoms with Gasteiger partial charge in [-0.05, 0) is 61.4 Å². The van der Waals surface area contributed by atoms with Crippen LogP contribution in [0.15, 0.2) is 46.6 Å². The second-order valence-corrected chi connectivity index (χ2v) is 4.10. The van der Waals surface area contributed by atoms with Crippen molar-refractivity contribution in [3.05, 3.63) is 53.3 Å². The standard InChI is InChI=1S/C14H13FN2O/c1-9-7-13(8-10(2)14(9)18)17-16-12-5-3-11(15)4-6-12/h3-8,18H,1-2H3. The van der Waals surface area contributed by atoms with E-state index in [2.05, 4.69) is 10.2 Å². The fourth-order valence-electron chi connectivity index (χ4n) is 1.61. The number of aryl methyl sites for hydroxylation is 2. The Hall–Kier alpha value is -2.23. The van der Waals surface area contributed by atoms with Gasteiger partial charge in [0.05, 0.1) is 11.4 Å². The van der Waals surface area contributed by atoms with Gasteiger partial charge in [-0.25, -0.2) is 4.39 Å². The summed E-state index contributed by atoms with van der Waals surface area (Å²) in [4.78, 5) is 0. The fraction of sp³-hybridized carbons (Fsp3) is 0.143. The second kappa shape index (κ2) is 4.96. The van der Waals surface area contributed by atoms with Crippen molar-refractivity contribution in [2.45, 2.75) is 13.8 Å². The van der Waals surface area contributed by atoms with Gasteiger partial charge >= 0.3 is 0 Å². The van der Waals surface area contributed by atoms with Gasteiger partial charge in [-0.15, -0.1) is 0 Å². The molecule has 0 unspecified atom stereocenters. The molecule has 1 N–H and O–H groups in total. The Kier molecular flexibility index (Phi) is 3.37. The summed E-state index contributed by atoms with van der Waals surface area (Å²) in [6, 6.07) is 9.27. The van der Waals surface area contributed by atoms with Crippen LogP contribution < -0.4 is 0 Å². The van der Waals surface area contributed by atoms with E-state index in [1.54, 1.807) is 38.1 Å². The molecule has 0 atom stereocenters. The SMILES string of the molecule is Cc1cc(N=Nc2ccc(F)cc2)cc(C)c1O. The molecule has 0 fully saturated rings. The highest BCUT2D eigenvalue weighted by atomic mass is 19.1. The van der Waals surface area contributed by atoms with Gasteiger partial charge in [0.2, 0.25) is 0 Å². The van der Waals surface area contributed by atoms with Crippen molar-refractivity contribution in [1.29, 1.82) is 0 Å². The number of hydrogen-bond donors (Lipinski definition) is 1.